The van der Waals surface area contributed by atoms with Crippen LogP contribution in [-0.4, -0.2) is 31.9 Å². The fourth-order valence-corrected chi connectivity index (χ4v) is 1.78. The average Bonchev–Trinajstić information content (AvgIpc) is 2.55. The lowest BCUT2D eigenvalue weighted by molar-refractivity contribution is -0.116. The molecule has 1 aliphatic heterocycles. The van der Waals surface area contributed by atoms with E-state index in [1.807, 2.05) is 0 Å². The zero-order chi connectivity index (χ0) is 13.0. The van der Waals surface area contributed by atoms with Gasteiger partial charge in [0.15, 0.2) is 5.78 Å². The third-order valence-electron chi connectivity index (χ3n) is 2.76. The van der Waals surface area contributed by atoms with Gasteiger partial charge in [-0.25, -0.2) is 0 Å². The minimum atomic E-state index is -0.0893. The van der Waals surface area contributed by atoms with Gasteiger partial charge in [-0.3, -0.25) is 9.59 Å². The van der Waals surface area contributed by atoms with Crippen LogP contribution in [-0.2, 0) is 4.79 Å². The monoisotopic (exact) mass is 248 g/mol. The lowest BCUT2D eigenvalue weighted by Crippen LogP contribution is -2.13. The Kier molecular flexibility index (Phi) is 3.94. The van der Waals surface area contributed by atoms with Gasteiger partial charge in [-0.1, -0.05) is 0 Å². The minimum Gasteiger partial charge on any atom is -0.491 e. The van der Waals surface area contributed by atoms with E-state index in [-0.39, 0.29) is 11.7 Å². The number of hydrogen-bond donors (Lipinski definition) is 2. The highest BCUT2D eigenvalue weighted by Crippen LogP contribution is 2.28. The predicted molar refractivity (Wildman–Crippen MR) is 68.1 cm³/mol. The quantitative estimate of drug-likeness (QED) is 0.786. The second kappa shape index (κ2) is 5.64. The molecular weight excluding hydrogens is 232 g/mol. The molecule has 1 aliphatic rings. The van der Waals surface area contributed by atoms with Crippen molar-refractivity contribution in [3.8, 4) is 5.75 Å². The standard InChI is InChI=1S/C13H16N2O3/c1-14-6-4-11(16)9-2-3-12-10(8-9)15-13(17)5-7-18-12/h2-3,8,14H,4-7H2,1H3,(H,15,17). The predicted octanol–water partition coefficient (Wildman–Crippen LogP) is 1.20. The van der Waals surface area contributed by atoms with E-state index < -0.39 is 0 Å². The Labute approximate surface area is 106 Å². The summed E-state index contributed by atoms with van der Waals surface area (Å²) in [5.74, 6) is 0.574. The van der Waals surface area contributed by atoms with E-state index in [9.17, 15) is 9.59 Å². The van der Waals surface area contributed by atoms with Gasteiger partial charge in [-0.2, -0.15) is 0 Å². The number of fused-ring (bicyclic) bond motifs is 1. The van der Waals surface area contributed by atoms with Crippen molar-refractivity contribution in [3.63, 3.8) is 0 Å². The fraction of sp³-hybridized carbons (Fsp3) is 0.385. The molecule has 0 saturated carbocycles. The van der Waals surface area contributed by atoms with Crippen LogP contribution < -0.4 is 15.4 Å². The summed E-state index contributed by atoms with van der Waals surface area (Å²) in [7, 11) is 1.80. The van der Waals surface area contributed by atoms with Gasteiger partial charge in [0.1, 0.15) is 5.75 Å². The maximum atomic E-state index is 11.9. The molecule has 0 bridgehead atoms. The van der Waals surface area contributed by atoms with Crippen LogP contribution in [0.25, 0.3) is 0 Å². The Morgan fingerprint density at radius 3 is 3.11 bits per heavy atom. The molecule has 1 aromatic rings. The zero-order valence-electron chi connectivity index (χ0n) is 10.3. The molecule has 0 aromatic heterocycles. The summed E-state index contributed by atoms with van der Waals surface area (Å²) in [4.78, 5) is 23.3. The summed E-state index contributed by atoms with van der Waals surface area (Å²) in [5, 5.41) is 5.67. The molecule has 1 aromatic carbocycles. The van der Waals surface area contributed by atoms with E-state index >= 15 is 0 Å². The molecule has 0 spiro atoms. The van der Waals surface area contributed by atoms with Crippen LogP contribution in [0.2, 0.25) is 0 Å². The smallest absolute Gasteiger partial charge is 0.227 e. The molecule has 0 aliphatic carbocycles. The highest BCUT2D eigenvalue weighted by atomic mass is 16.5. The van der Waals surface area contributed by atoms with E-state index in [1.165, 1.54) is 0 Å². The molecule has 0 unspecified atom stereocenters. The van der Waals surface area contributed by atoms with Crippen LogP contribution in [0, 0.1) is 0 Å². The maximum absolute atomic E-state index is 11.9. The molecule has 5 heteroatoms. The summed E-state index contributed by atoms with van der Waals surface area (Å²) in [6.45, 7) is 1.00. The van der Waals surface area contributed by atoms with Crippen molar-refractivity contribution >= 4 is 17.4 Å². The van der Waals surface area contributed by atoms with E-state index in [0.29, 0.717) is 43.0 Å². The lowest BCUT2D eigenvalue weighted by Gasteiger charge is -2.08. The summed E-state index contributed by atoms with van der Waals surface area (Å²) in [6, 6.07) is 5.14. The van der Waals surface area contributed by atoms with Gasteiger partial charge in [-0.05, 0) is 25.2 Å². The molecule has 0 atom stereocenters. The lowest BCUT2D eigenvalue weighted by atomic mass is 10.1. The third-order valence-corrected chi connectivity index (χ3v) is 2.76. The molecule has 2 rings (SSSR count). The van der Waals surface area contributed by atoms with Crippen molar-refractivity contribution in [3.05, 3.63) is 23.8 Å². The highest BCUT2D eigenvalue weighted by molar-refractivity contribution is 5.99. The van der Waals surface area contributed by atoms with Gasteiger partial charge in [0.2, 0.25) is 5.91 Å². The summed E-state index contributed by atoms with van der Waals surface area (Å²) in [6.07, 6.45) is 0.766. The number of amides is 1. The zero-order valence-corrected chi connectivity index (χ0v) is 10.3. The van der Waals surface area contributed by atoms with Crippen LogP contribution in [0.4, 0.5) is 5.69 Å². The Balaban J connectivity index is 2.20. The first kappa shape index (κ1) is 12.6. The molecule has 96 valence electrons. The first-order valence-corrected chi connectivity index (χ1v) is 5.95. The van der Waals surface area contributed by atoms with Crippen molar-refractivity contribution in [2.45, 2.75) is 12.8 Å². The largest absolute Gasteiger partial charge is 0.491 e. The van der Waals surface area contributed by atoms with Gasteiger partial charge >= 0.3 is 0 Å². The number of hydrogen-bond acceptors (Lipinski definition) is 4. The molecule has 2 N–H and O–H groups in total. The van der Waals surface area contributed by atoms with Gasteiger partial charge in [0.05, 0.1) is 18.7 Å². The minimum absolute atomic E-state index is 0.0469. The van der Waals surface area contributed by atoms with Crippen molar-refractivity contribution in [1.82, 2.24) is 5.32 Å². The number of rotatable bonds is 4. The average molecular weight is 248 g/mol. The van der Waals surface area contributed by atoms with E-state index in [4.69, 9.17) is 4.74 Å². The summed E-state index contributed by atoms with van der Waals surface area (Å²) in [5.41, 5.74) is 1.17. The number of carbonyl (C=O) groups is 2. The molecule has 0 radical (unpaired) electrons. The van der Waals surface area contributed by atoms with Gasteiger partial charge in [0.25, 0.3) is 0 Å². The molecule has 5 nitrogen and oxygen atoms in total. The fourth-order valence-electron chi connectivity index (χ4n) is 1.78. The van der Waals surface area contributed by atoms with Gasteiger partial charge in [-0.15, -0.1) is 0 Å². The van der Waals surface area contributed by atoms with Crippen LogP contribution in [0.3, 0.4) is 0 Å². The maximum Gasteiger partial charge on any atom is 0.227 e. The number of ether oxygens (including phenoxy) is 1. The van der Waals surface area contributed by atoms with Crippen molar-refractivity contribution in [2.75, 3.05) is 25.5 Å². The summed E-state index contributed by atoms with van der Waals surface area (Å²) < 4.78 is 5.43. The van der Waals surface area contributed by atoms with Crippen LogP contribution in [0.15, 0.2) is 18.2 Å². The Morgan fingerprint density at radius 2 is 2.33 bits per heavy atom. The Bertz CT molecular complexity index is 471. The first-order valence-electron chi connectivity index (χ1n) is 5.95. The number of carbonyl (C=O) groups excluding carboxylic acids is 2. The van der Waals surface area contributed by atoms with Crippen LogP contribution in [0.1, 0.15) is 23.2 Å². The SMILES string of the molecule is CNCCC(=O)c1ccc2c(c1)NC(=O)CCO2. The number of benzene rings is 1. The third kappa shape index (κ3) is 2.87. The van der Waals surface area contributed by atoms with E-state index in [1.54, 1.807) is 25.2 Å². The number of Topliss-reactive ketones (excluding diaryl/α,β-unsaturated/α-hetero) is 1. The number of ketones is 1. The molecule has 0 fully saturated rings. The topological polar surface area (TPSA) is 67.4 Å². The van der Waals surface area contributed by atoms with E-state index in [0.717, 1.165) is 0 Å². The highest BCUT2D eigenvalue weighted by Gasteiger charge is 2.15. The number of anilines is 1. The normalized spacial score (nSPS) is 14.2. The van der Waals surface area contributed by atoms with Gasteiger partial charge in [0, 0.05) is 18.5 Å². The van der Waals surface area contributed by atoms with Crippen LogP contribution >= 0.6 is 0 Å². The second-order valence-corrected chi connectivity index (χ2v) is 4.13. The molecule has 0 saturated heterocycles. The second-order valence-electron chi connectivity index (χ2n) is 4.13. The molecule has 1 heterocycles. The molecule has 1 amide bonds. The first-order chi connectivity index (χ1) is 8.70. The Morgan fingerprint density at radius 1 is 1.50 bits per heavy atom. The van der Waals surface area contributed by atoms with Crippen molar-refractivity contribution in [2.24, 2.45) is 0 Å². The summed E-state index contributed by atoms with van der Waals surface area (Å²) >= 11 is 0. The Hall–Kier alpha value is -1.88. The van der Waals surface area contributed by atoms with Gasteiger partial charge < -0.3 is 15.4 Å². The number of nitrogens with one attached hydrogen (secondary N) is 2. The molecule has 18 heavy (non-hydrogen) atoms. The van der Waals surface area contributed by atoms with Crippen LogP contribution in [0.5, 0.6) is 5.75 Å². The molecular formula is C13H16N2O3. The van der Waals surface area contributed by atoms with E-state index in [2.05, 4.69) is 10.6 Å². The van der Waals surface area contributed by atoms with Crippen molar-refractivity contribution < 1.29 is 14.3 Å². The van der Waals surface area contributed by atoms with Crippen molar-refractivity contribution in [1.29, 1.82) is 0 Å².